The summed E-state index contributed by atoms with van der Waals surface area (Å²) in [7, 11) is 0. The van der Waals surface area contributed by atoms with Gasteiger partial charge in [-0.2, -0.15) is 0 Å². The third-order valence-electron chi connectivity index (χ3n) is 4.47. The van der Waals surface area contributed by atoms with Crippen molar-refractivity contribution in [3.63, 3.8) is 0 Å². The second-order valence-electron chi connectivity index (χ2n) is 6.12. The first-order chi connectivity index (χ1) is 11.8. The molecule has 6 nitrogen and oxygen atoms in total. The van der Waals surface area contributed by atoms with E-state index in [4.69, 9.17) is 5.73 Å². The van der Waals surface area contributed by atoms with Crippen molar-refractivity contribution in [1.29, 1.82) is 0 Å². The minimum absolute atomic E-state index is 0.453. The minimum atomic E-state index is 0.453. The highest BCUT2D eigenvalue weighted by Gasteiger charge is 2.17. The lowest BCUT2D eigenvalue weighted by molar-refractivity contribution is 0.750. The average molecular weight is 320 g/mol. The topological polar surface area (TPSA) is 88.8 Å². The van der Waals surface area contributed by atoms with E-state index in [9.17, 15) is 0 Å². The fourth-order valence-corrected chi connectivity index (χ4v) is 3.21. The quantitative estimate of drug-likeness (QED) is 0.679. The first-order valence-electron chi connectivity index (χ1n) is 8.29. The summed E-state index contributed by atoms with van der Waals surface area (Å²) in [6, 6.07) is 10.4. The molecule has 0 atom stereocenters. The van der Waals surface area contributed by atoms with E-state index in [0.717, 1.165) is 16.6 Å². The summed E-state index contributed by atoms with van der Waals surface area (Å²) in [4.78, 5) is 13.1. The van der Waals surface area contributed by atoms with Crippen LogP contribution in [0.1, 0.15) is 25.7 Å². The van der Waals surface area contributed by atoms with Crippen molar-refractivity contribution in [3.8, 4) is 0 Å². The van der Waals surface area contributed by atoms with Gasteiger partial charge in [0.05, 0.1) is 11.2 Å². The van der Waals surface area contributed by atoms with E-state index in [0.29, 0.717) is 23.4 Å². The third kappa shape index (κ3) is 2.82. The summed E-state index contributed by atoms with van der Waals surface area (Å²) in [5.74, 6) is 1.30. The van der Waals surface area contributed by atoms with Gasteiger partial charge in [-0.3, -0.25) is 4.98 Å². The Balaban J connectivity index is 1.64. The van der Waals surface area contributed by atoms with Crippen LogP contribution in [0.25, 0.3) is 10.9 Å². The predicted octanol–water partition coefficient (Wildman–Crippen LogP) is 3.71. The molecule has 4 rings (SSSR count). The highest BCUT2D eigenvalue weighted by molar-refractivity contribution is 5.93. The number of nitrogens with one attached hydrogen (secondary N) is 2. The van der Waals surface area contributed by atoms with Gasteiger partial charge in [-0.15, -0.1) is 0 Å². The van der Waals surface area contributed by atoms with Crippen molar-refractivity contribution in [1.82, 2.24) is 15.0 Å². The first kappa shape index (κ1) is 14.7. The van der Waals surface area contributed by atoms with Gasteiger partial charge in [-0.25, -0.2) is 9.97 Å². The maximum absolute atomic E-state index is 6.28. The number of nitrogens with zero attached hydrogens (tertiary/aromatic N) is 3. The molecule has 0 spiro atoms. The number of hydrogen-bond donors (Lipinski definition) is 3. The molecule has 1 saturated carbocycles. The maximum Gasteiger partial charge on any atom is 0.159 e. The summed E-state index contributed by atoms with van der Waals surface area (Å²) in [5, 5.41) is 7.81. The average Bonchev–Trinajstić information content (AvgIpc) is 3.12. The molecule has 0 amide bonds. The fourth-order valence-electron chi connectivity index (χ4n) is 3.21. The highest BCUT2D eigenvalue weighted by Crippen LogP contribution is 2.30. The lowest BCUT2D eigenvalue weighted by Crippen LogP contribution is -2.17. The van der Waals surface area contributed by atoms with Crippen LogP contribution in [0.4, 0.5) is 23.0 Å². The second-order valence-corrected chi connectivity index (χ2v) is 6.12. The number of hydrogen-bond acceptors (Lipinski definition) is 6. The van der Waals surface area contributed by atoms with Gasteiger partial charge in [0.1, 0.15) is 12.0 Å². The van der Waals surface area contributed by atoms with E-state index < -0.39 is 0 Å². The number of rotatable bonds is 4. The number of aromatic nitrogens is 3. The van der Waals surface area contributed by atoms with Gasteiger partial charge in [0.15, 0.2) is 11.6 Å². The molecular formula is C18H20N6. The zero-order valence-electron chi connectivity index (χ0n) is 13.4. The van der Waals surface area contributed by atoms with Crippen molar-refractivity contribution in [2.24, 2.45) is 0 Å². The normalized spacial score (nSPS) is 14.8. The van der Waals surface area contributed by atoms with Crippen LogP contribution >= 0.6 is 0 Å². The molecule has 2 heterocycles. The largest absolute Gasteiger partial charge is 0.393 e. The van der Waals surface area contributed by atoms with Crippen molar-refractivity contribution in [3.05, 3.63) is 42.9 Å². The summed E-state index contributed by atoms with van der Waals surface area (Å²) in [6.07, 6.45) is 8.17. The Morgan fingerprint density at radius 1 is 0.958 bits per heavy atom. The molecule has 2 aromatic heterocycles. The van der Waals surface area contributed by atoms with Crippen molar-refractivity contribution < 1.29 is 0 Å². The molecule has 1 fully saturated rings. The summed E-state index contributed by atoms with van der Waals surface area (Å²) in [6.45, 7) is 0. The molecule has 0 bridgehead atoms. The summed E-state index contributed by atoms with van der Waals surface area (Å²) < 4.78 is 0. The van der Waals surface area contributed by atoms with Crippen LogP contribution in [-0.2, 0) is 0 Å². The van der Waals surface area contributed by atoms with Crippen LogP contribution in [0.3, 0.4) is 0 Å². The Bertz CT molecular complexity index is 852. The molecule has 0 unspecified atom stereocenters. The Hall–Kier alpha value is -2.89. The van der Waals surface area contributed by atoms with Crippen LogP contribution in [0, 0.1) is 0 Å². The molecule has 3 aromatic rings. The standard InChI is InChI=1S/C18H20N6/c19-15-17(23-13-7-1-2-8-13)21-11-22-18(15)24-14-9-3-5-12-6-4-10-20-16(12)14/h3-6,9-11,13H,1-2,7-8,19H2,(H2,21,22,23,24). The van der Waals surface area contributed by atoms with Crippen LogP contribution in [0.5, 0.6) is 0 Å². The molecule has 1 aromatic carbocycles. The van der Waals surface area contributed by atoms with Gasteiger partial charge < -0.3 is 16.4 Å². The van der Waals surface area contributed by atoms with Crippen molar-refractivity contribution in [2.45, 2.75) is 31.7 Å². The van der Waals surface area contributed by atoms with E-state index in [1.165, 1.54) is 32.0 Å². The lowest BCUT2D eigenvalue weighted by Gasteiger charge is -2.16. The van der Waals surface area contributed by atoms with E-state index in [1.807, 2.05) is 30.3 Å². The van der Waals surface area contributed by atoms with E-state index >= 15 is 0 Å². The number of para-hydroxylation sites is 1. The van der Waals surface area contributed by atoms with Gasteiger partial charge >= 0.3 is 0 Å². The summed E-state index contributed by atoms with van der Waals surface area (Å²) in [5.41, 5.74) is 8.59. The lowest BCUT2D eigenvalue weighted by atomic mass is 10.2. The molecule has 1 aliphatic rings. The predicted molar refractivity (Wildman–Crippen MR) is 97.3 cm³/mol. The van der Waals surface area contributed by atoms with Gasteiger partial charge in [0.25, 0.3) is 0 Å². The number of benzene rings is 1. The maximum atomic E-state index is 6.28. The number of fused-ring (bicyclic) bond motifs is 1. The smallest absolute Gasteiger partial charge is 0.159 e. The number of pyridine rings is 1. The number of nitrogen functional groups attached to an aromatic ring is 1. The van der Waals surface area contributed by atoms with E-state index in [-0.39, 0.29) is 0 Å². The monoisotopic (exact) mass is 320 g/mol. The molecule has 122 valence electrons. The Labute approximate surface area is 140 Å². The summed E-state index contributed by atoms with van der Waals surface area (Å²) >= 11 is 0. The molecule has 6 heteroatoms. The van der Waals surface area contributed by atoms with Gasteiger partial charge in [0.2, 0.25) is 0 Å². The molecule has 0 saturated heterocycles. The van der Waals surface area contributed by atoms with Crippen molar-refractivity contribution in [2.75, 3.05) is 16.4 Å². The first-order valence-corrected chi connectivity index (χ1v) is 8.29. The second kappa shape index (κ2) is 6.31. The van der Waals surface area contributed by atoms with Crippen LogP contribution in [0.15, 0.2) is 42.9 Å². The molecule has 24 heavy (non-hydrogen) atoms. The third-order valence-corrected chi connectivity index (χ3v) is 4.47. The molecule has 0 radical (unpaired) electrons. The zero-order chi connectivity index (χ0) is 16.4. The van der Waals surface area contributed by atoms with Crippen LogP contribution < -0.4 is 16.4 Å². The fraction of sp³-hybridized carbons (Fsp3) is 0.278. The van der Waals surface area contributed by atoms with Crippen molar-refractivity contribution >= 4 is 33.9 Å². The van der Waals surface area contributed by atoms with Crippen LogP contribution in [0.2, 0.25) is 0 Å². The molecular weight excluding hydrogens is 300 g/mol. The minimum Gasteiger partial charge on any atom is -0.393 e. The molecule has 4 N–H and O–H groups in total. The van der Waals surface area contributed by atoms with E-state index in [1.54, 1.807) is 6.20 Å². The number of nitrogens with two attached hydrogens (primary N) is 1. The Morgan fingerprint density at radius 3 is 2.62 bits per heavy atom. The highest BCUT2D eigenvalue weighted by atomic mass is 15.1. The van der Waals surface area contributed by atoms with Gasteiger partial charge in [-0.1, -0.05) is 31.0 Å². The number of anilines is 4. The van der Waals surface area contributed by atoms with Gasteiger partial charge in [-0.05, 0) is 25.0 Å². The molecule has 1 aliphatic carbocycles. The SMILES string of the molecule is Nc1c(Nc2cccc3cccnc23)ncnc1NC1CCCC1. The Kier molecular flexibility index (Phi) is 3.86. The van der Waals surface area contributed by atoms with E-state index in [2.05, 4.69) is 25.6 Å². The molecule has 0 aliphatic heterocycles. The Morgan fingerprint density at radius 2 is 1.75 bits per heavy atom. The zero-order valence-corrected chi connectivity index (χ0v) is 13.4. The van der Waals surface area contributed by atoms with Crippen LogP contribution in [-0.4, -0.2) is 21.0 Å². The van der Waals surface area contributed by atoms with Gasteiger partial charge in [0, 0.05) is 17.6 Å².